The van der Waals surface area contributed by atoms with Gasteiger partial charge >= 0.3 is 0 Å². The highest BCUT2D eigenvalue weighted by Crippen LogP contribution is 2.27. The molecule has 2 amide bonds. The summed E-state index contributed by atoms with van der Waals surface area (Å²) in [4.78, 5) is 37.3. The van der Waals surface area contributed by atoms with E-state index in [0.29, 0.717) is 22.0 Å². The number of nitrogens with zero attached hydrogens (tertiary/aromatic N) is 3. The summed E-state index contributed by atoms with van der Waals surface area (Å²) in [6, 6.07) is 20.2. The summed E-state index contributed by atoms with van der Waals surface area (Å²) < 4.78 is 5.27. The molecule has 9 heteroatoms. The van der Waals surface area contributed by atoms with Gasteiger partial charge in [0.1, 0.15) is 12.3 Å². The third-order valence-electron chi connectivity index (χ3n) is 5.48. The minimum Gasteiger partial charge on any atom is -0.497 e. The highest BCUT2D eigenvalue weighted by atomic mass is 35.5. The van der Waals surface area contributed by atoms with E-state index in [-0.39, 0.29) is 37.9 Å². The first-order chi connectivity index (χ1) is 17.0. The van der Waals surface area contributed by atoms with E-state index in [0.717, 1.165) is 11.3 Å². The van der Waals surface area contributed by atoms with Crippen LogP contribution in [0.5, 0.6) is 5.75 Å². The molecule has 35 heavy (non-hydrogen) atoms. The Balaban J connectivity index is 1.45. The maximum Gasteiger partial charge on any atom is 0.267 e. The Kier molecular flexibility index (Phi) is 7.95. The average molecular weight is 493 g/mol. The molecule has 1 N–H and O–H groups in total. The summed E-state index contributed by atoms with van der Waals surface area (Å²) in [5, 5.41) is 7.41. The van der Waals surface area contributed by atoms with Crippen LogP contribution in [0.3, 0.4) is 0 Å². The predicted molar refractivity (Wildman–Crippen MR) is 132 cm³/mol. The van der Waals surface area contributed by atoms with Crippen molar-refractivity contribution >= 4 is 29.1 Å². The Morgan fingerprint density at radius 3 is 2.69 bits per heavy atom. The van der Waals surface area contributed by atoms with Crippen LogP contribution < -0.4 is 10.1 Å². The molecule has 8 nitrogen and oxygen atoms in total. The van der Waals surface area contributed by atoms with Crippen molar-refractivity contribution in [2.75, 3.05) is 13.7 Å². The molecule has 1 aromatic heterocycles. The van der Waals surface area contributed by atoms with E-state index in [1.54, 1.807) is 31.5 Å². The second-order valence-electron chi connectivity index (χ2n) is 7.96. The zero-order chi connectivity index (χ0) is 24.6. The fourth-order valence-corrected chi connectivity index (χ4v) is 3.89. The standard InChI is InChI=1S/C26H25ClN4O4/c1-34-20-10-11-22(27)21(13-20)23-14-24(35-30-23)26(33)31(16-18-7-3-2-4-8-18)17-25(32)29-15-19-9-5-6-12-28-19/h2-13,24H,14-17H2,1H3,(H,29,32). The van der Waals surface area contributed by atoms with Gasteiger partial charge in [-0.2, -0.15) is 0 Å². The van der Waals surface area contributed by atoms with Crippen molar-refractivity contribution < 1.29 is 19.2 Å². The highest BCUT2D eigenvalue weighted by Gasteiger charge is 2.34. The van der Waals surface area contributed by atoms with Gasteiger partial charge < -0.3 is 19.8 Å². The number of halogens is 1. The molecule has 0 spiro atoms. The lowest BCUT2D eigenvalue weighted by atomic mass is 10.0. The second kappa shape index (κ2) is 11.5. The van der Waals surface area contributed by atoms with Gasteiger partial charge in [-0.25, -0.2) is 0 Å². The molecule has 1 atom stereocenters. The van der Waals surface area contributed by atoms with Gasteiger partial charge in [-0.15, -0.1) is 0 Å². The largest absolute Gasteiger partial charge is 0.497 e. The minimum absolute atomic E-state index is 0.129. The molecule has 3 aromatic rings. The number of aromatic nitrogens is 1. The van der Waals surface area contributed by atoms with E-state index < -0.39 is 6.10 Å². The highest BCUT2D eigenvalue weighted by molar-refractivity contribution is 6.34. The lowest BCUT2D eigenvalue weighted by Crippen LogP contribution is -2.44. The molecular formula is C26H25ClN4O4. The number of pyridine rings is 1. The van der Waals surface area contributed by atoms with Gasteiger partial charge in [0.15, 0.2) is 0 Å². The molecule has 0 radical (unpaired) electrons. The van der Waals surface area contributed by atoms with Gasteiger partial charge in [-0.1, -0.05) is 53.2 Å². The molecular weight excluding hydrogens is 468 g/mol. The first kappa shape index (κ1) is 24.2. The van der Waals surface area contributed by atoms with Crippen molar-refractivity contribution in [3.63, 3.8) is 0 Å². The van der Waals surface area contributed by atoms with Gasteiger partial charge in [0.25, 0.3) is 5.91 Å². The lowest BCUT2D eigenvalue weighted by molar-refractivity contribution is -0.145. The number of amides is 2. The number of hydrogen-bond donors (Lipinski definition) is 1. The molecule has 0 fully saturated rings. The summed E-state index contributed by atoms with van der Waals surface area (Å²) in [6.45, 7) is 0.399. The number of carbonyl (C=O) groups is 2. The summed E-state index contributed by atoms with van der Waals surface area (Å²) in [7, 11) is 1.56. The summed E-state index contributed by atoms with van der Waals surface area (Å²) in [5.41, 5.74) is 2.82. The number of rotatable bonds is 9. The smallest absolute Gasteiger partial charge is 0.267 e. The van der Waals surface area contributed by atoms with E-state index >= 15 is 0 Å². The molecule has 180 valence electrons. The van der Waals surface area contributed by atoms with Crippen LogP contribution in [-0.4, -0.2) is 47.2 Å². The number of methoxy groups -OCH3 is 1. The molecule has 4 rings (SSSR count). The summed E-state index contributed by atoms with van der Waals surface area (Å²) in [6.07, 6.45) is 1.03. The SMILES string of the molecule is COc1ccc(Cl)c(C2=NOC(C(=O)N(CC(=O)NCc3ccccn3)Cc3ccccc3)C2)c1. The van der Waals surface area contributed by atoms with Gasteiger partial charge in [-0.3, -0.25) is 14.6 Å². The lowest BCUT2D eigenvalue weighted by Gasteiger charge is -2.24. The Bertz CT molecular complexity index is 1200. The average Bonchev–Trinajstić information content (AvgIpc) is 3.38. The molecule has 2 heterocycles. The van der Waals surface area contributed by atoms with E-state index in [9.17, 15) is 9.59 Å². The van der Waals surface area contributed by atoms with Gasteiger partial charge in [0, 0.05) is 24.7 Å². The number of carbonyl (C=O) groups excluding carboxylic acids is 2. The Morgan fingerprint density at radius 2 is 1.94 bits per heavy atom. The van der Waals surface area contributed by atoms with Crippen molar-refractivity contribution in [2.24, 2.45) is 5.16 Å². The van der Waals surface area contributed by atoms with Crippen molar-refractivity contribution in [1.82, 2.24) is 15.2 Å². The fourth-order valence-electron chi connectivity index (χ4n) is 3.66. The number of ether oxygens (including phenoxy) is 1. The predicted octanol–water partition coefficient (Wildman–Crippen LogP) is 3.58. The Labute approximate surface area is 208 Å². The van der Waals surface area contributed by atoms with Crippen LogP contribution in [-0.2, 0) is 27.5 Å². The van der Waals surface area contributed by atoms with E-state index in [1.165, 1.54) is 4.90 Å². The molecule has 1 aliphatic heterocycles. The summed E-state index contributed by atoms with van der Waals surface area (Å²) >= 11 is 6.34. The zero-order valence-electron chi connectivity index (χ0n) is 19.2. The van der Waals surface area contributed by atoms with Crippen LogP contribution in [0.4, 0.5) is 0 Å². The van der Waals surface area contributed by atoms with Gasteiger partial charge in [0.05, 0.1) is 30.1 Å². The second-order valence-corrected chi connectivity index (χ2v) is 8.37. The van der Waals surface area contributed by atoms with E-state index in [1.807, 2.05) is 48.5 Å². The number of nitrogens with one attached hydrogen (secondary N) is 1. The Hall–Kier alpha value is -3.91. The van der Waals surface area contributed by atoms with Crippen molar-refractivity contribution in [3.05, 3.63) is 94.8 Å². The first-order valence-corrected chi connectivity index (χ1v) is 11.5. The van der Waals surface area contributed by atoms with Crippen LogP contribution in [0.15, 0.2) is 78.1 Å². The van der Waals surface area contributed by atoms with Crippen LogP contribution in [0.1, 0.15) is 23.2 Å². The van der Waals surface area contributed by atoms with Crippen LogP contribution in [0.2, 0.25) is 5.02 Å². The quantitative estimate of drug-likeness (QED) is 0.493. The van der Waals surface area contributed by atoms with E-state index in [4.69, 9.17) is 21.2 Å². The molecule has 0 saturated heterocycles. The fraction of sp³-hybridized carbons (Fsp3) is 0.231. The number of benzene rings is 2. The maximum atomic E-state index is 13.4. The normalized spacial score (nSPS) is 14.6. The van der Waals surface area contributed by atoms with Crippen LogP contribution in [0.25, 0.3) is 0 Å². The number of hydrogen-bond acceptors (Lipinski definition) is 6. The molecule has 0 aliphatic carbocycles. The molecule has 1 unspecified atom stereocenters. The van der Waals surface area contributed by atoms with E-state index in [2.05, 4.69) is 15.5 Å². The third-order valence-corrected chi connectivity index (χ3v) is 5.81. The zero-order valence-corrected chi connectivity index (χ0v) is 19.9. The number of oxime groups is 1. The minimum atomic E-state index is -0.862. The molecule has 1 aliphatic rings. The summed E-state index contributed by atoms with van der Waals surface area (Å²) in [5.74, 6) is -0.00771. The topological polar surface area (TPSA) is 93.1 Å². The monoisotopic (exact) mass is 492 g/mol. The van der Waals surface area contributed by atoms with Crippen LogP contribution >= 0.6 is 11.6 Å². The van der Waals surface area contributed by atoms with Crippen LogP contribution in [0, 0.1) is 0 Å². The van der Waals surface area contributed by atoms with Crippen molar-refractivity contribution in [3.8, 4) is 5.75 Å². The van der Waals surface area contributed by atoms with Gasteiger partial charge in [0.2, 0.25) is 12.0 Å². The van der Waals surface area contributed by atoms with Crippen molar-refractivity contribution in [1.29, 1.82) is 0 Å². The molecule has 2 aromatic carbocycles. The third kappa shape index (κ3) is 6.36. The van der Waals surface area contributed by atoms with Crippen molar-refractivity contribution in [2.45, 2.75) is 25.6 Å². The Morgan fingerprint density at radius 1 is 1.14 bits per heavy atom. The van der Waals surface area contributed by atoms with Gasteiger partial charge in [-0.05, 0) is 35.9 Å². The molecule has 0 saturated carbocycles. The molecule has 0 bridgehead atoms. The first-order valence-electron chi connectivity index (χ1n) is 11.1. The maximum absolute atomic E-state index is 13.4.